The number of allylic oxidation sites excluding steroid dienone is 1. The number of hydrogen-bond donors (Lipinski definition) is 1. The first-order valence-corrected chi connectivity index (χ1v) is 9.13. The molecule has 1 aliphatic rings. The van der Waals surface area contributed by atoms with Gasteiger partial charge in [0, 0.05) is 18.4 Å². The Morgan fingerprint density at radius 3 is 2.69 bits per heavy atom. The van der Waals surface area contributed by atoms with Crippen LogP contribution in [0.4, 0.5) is 0 Å². The van der Waals surface area contributed by atoms with Crippen LogP contribution in [0.3, 0.4) is 0 Å². The average molecular weight is 352 g/mol. The molecule has 5 nitrogen and oxygen atoms in total. The van der Waals surface area contributed by atoms with E-state index in [-0.39, 0.29) is 11.3 Å². The summed E-state index contributed by atoms with van der Waals surface area (Å²) in [5.74, 6) is -0.683. The number of carboxylic acid groups (broad SMARTS) is 1. The summed E-state index contributed by atoms with van der Waals surface area (Å²) in [5.41, 5.74) is 1.99. The third-order valence-electron chi connectivity index (χ3n) is 5.11. The number of pyridine rings is 1. The SMILES string of the molecule is Cc1c(C(=O)O)cc(C(=O)/C=C/c2ccccn2)n1CC1CCCCC1. The Labute approximate surface area is 153 Å². The lowest BCUT2D eigenvalue weighted by atomic mass is 9.89. The number of carbonyl (C=O) groups excluding carboxylic acids is 1. The van der Waals surface area contributed by atoms with Crippen molar-refractivity contribution in [3.05, 3.63) is 59.2 Å². The highest BCUT2D eigenvalue weighted by Gasteiger charge is 2.23. The van der Waals surface area contributed by atoms with Crippen molar-refractivity contribution in [3.63, 3.8) is 0 Å². The van der Waals surface area contributed by atoms with E-state index < -0.39 is 5.97 Å². The first-order chi connectivity index (χ1) is 12.6. The Morgan fingerprint density at radius 2 is 2.04 bits per heavy atom. The smallest absolute Gasteiger partial charge is 0.337 e. The molecule has 2 heterocycles. The van der Waals surface area contributed by atoms with Crippen LogP contribution >= 0.6 is 0 Å². The fourth-order valence-electron chi connectivity index (χ4n) is 3.65. The van der Waals surface area contributed by atoms with Crippen molar-refractivity contribution in [1.29, 1.82) is 0 Å². The second kappa shape index (κ2) is 8.13. The van der Waals surface area contributed by atoms with Gasteiger partial charge in [-0.2, -0.15) is 0 Å². The first-order valence-electron chi connectivity index (χ1n) is 9.13. The lowest BCUT2D eigenvalue weighted by Crippen LogP contribution is -2.18. The van der Waals surface area contributed by atoms with Crippen LogP contribution in [0.5, 0.6) is 0 Å². The molecule has 0 spiro atoms. The molecular weight excluding hydrogens is 328 g/mol. The molecule has 0 atom stereocenters. The van der Waals surface area contributed by atoms with Crippen LogP contribution in [-0.2, 0) is 6.54 Å². The Hall–Kier alpha value is -2.69. The van der Waals surface area contributed by atoms with Gasteiger partial charge in [-0.3, -0.25) is 9.78 Å². The molecule has 1 N–H and O–H groups in total. The minimum atomic E-state index is -0.993. The van der Waals surface area contributed by atoms with Crippen LogP contribution in [-0.4, -0.2) is 26.4 Å². The molecule has 0 unspecified atom stereocenters. The van der Waals surface area contributed by atoms with Gasteiger partial charge < -0.3 is 9.67 Å². The van der Waals surface area contributed by atoms with Gasteiger partial charge in [0.25, 0.3) is 0 Å². The average Bonchev–Trinajstić information content (AvgIpc) is 2.98. The van der Waals surface area contributed by atoms with E-state index in [4.69, 9.17) is 0 Å². The Kier molecular flexibility index (Phi) is 5.66. The zero-order valence-corrected chi connectivity index (χ0v) is 15.0. The second-order valence-electron chi connectivity index (χ2n) is 6.90. The summed E-state index contributed by atoms with van der Waals surface area (Å²) in [7, 11) is 0. The van der Waals surface area contributed by atoms with Crippen molar-refractivity contribution in [1.82, 2.24) is 9.55 Å². The fourth-order valence-corrected chi connectivity index (χ4v) is 3.65. The van der Waals surface area contributed by atoms with Gasteiger partial charge >= 0.3 is 5.97 Å². The summed E-state index contributed by atoms with van der Waals surface area (Å²) < 4.78 is 1.89. The van der Waals surface area contributed by atoms with Crippen molar-refractivity contribution in [2.24, 2.45) is 5.92 Å². The predicted octanol–water partition coefficient (Wildman–Crippen LogP) is 4.37. The number of aromatic carboxylic acids is 1. The highest BCUT2D eigenvalue weighted by molar-refractivity contribution is 6.07. The Bertz CT molecular complexity index is 815. The molecule has 1 fully saturated rings. The summed E-state index contributed by atoms with van der Waals surface area (Å²) in [4.78, 5) is 28.4. The van der Waals surface area contributed by atoms with Crippen molar-refractivity contribution >= 4 is 17.8 Å². The number of aromatic nitrogens is 2. The molecule has 0 aromatic carbocycles. The van der Waals surface area contributed by atoms with Gasteiger partial charge in [-0.05, 0) is 56.0 Å². The lowest BCUT2D eigenvalue weighted by molar-refractivity contribution is 0.0695. The minimum Gasteiger partial charge on any atom is -0.478 e. The molecule has 0 amide bonds. The highest BCUT2D eigenvalue weighted by Crippen LogP contribution is 2.27. The molecule has 3 rings (SSSR count). The van der Waals surface area contributed by atoms with Gasteiger partial charge in [0.1, 0.15) is 0 Å². The predicted molar refractivity (Wildman–Crippen MR) is 100 cm³/mol. The molecular formula is C21H24N2O3. The monoisotopic (exact) mass is 352 g/mol. The molecule has 0 saturated heterocycles. The summed E-state index contributed by atoms with van der Waals surface area (Å²) in [5, 5.41) is 9.45. The third-order valence-corrected chi connectivity index (χ3v) is 5.11. The van der Waals surface area contributed by atoms with E-state index in [1.165, 1.54) is 31.4 Å². The number of hydrogen-bond acceptors (Lipinski definition) is 3. The number of nitrogens with zero attached hydrogens (tertiary/aromatic N) is 2. The fraction of sp³-hybridized carbons (Fsp3) is 0.381. The summed E-state index contributed by atoms with van der Waals surface area (Å²) in [6.45, 7) is 2.49. The van der Waals surface area contributed by atoms with E-state index in [0.29, 0.717) is 29.5 Å². The Balaban J connectivity index is 1.88. The van der Waals surface area contributed by atoms with Gasteiger partial charge in [0.05, 0.1) is 17.0 Å². The van der Waals surface area contributed by atoms with Crippen LogP contribution in [0, 0.1) is 12.8 Å². The first kappa shape index (κ1) is 18.1. The highest BCUT2D eigenvalue weighted by atomic mass is 16.4. The third kappa shape index (κ3) is 4.10. The zero-order valence-electron chi connectivity index (χ0n) is 15.0. The normalized spacial score (nSPS) is 15.4. The molecule has 5 heteroatoms. The van der Waals surface area contributed by atoms with E-state index >= 15 is 0 Å². The van der Waals surface area contributed by atoms with Crippen molar-refractivity contribution in [3.8, 4) is 0 Å². The van der Waals surface area contributed by atoms with Gasteiger partial charge in [-0.1, -0.05) is 25.3 Å². The van der Waals surface area contributed by atoms with Gasteiger partial charge in [-0.25, -0.2) is 4.79 Å². The standard InChI is InChI=1S/C21H24N2O3/c1-15-18(21(25)26)13-19(23(15)14-16-7-3-2-4-8-16)20(24)11-10-17-9-5-6-12-22-17/h5-6,9-13,16H,2-4,7-8,14H2,1H3,(H,25,26)/b11-10+. The van der Waals surface area contributed by atoms with Gasteiger partial charge in [0.2, 0.25) is 5.78 Å². The molecule has 0 radical (unpaired) electrons. The molecule has 0 aliphatic heterocycles. The number of carboxylic acids is 1. The van der Waals surface area contributed by atoms with E-state index in [0.717, 1.165) is 12.8 Å². The quantitative estimate of drug-likeness (QED) is 0.619. The van der Waals surface area contributed by atoms with Crippen molar-refractivity contribution in [2.45, 2.75) is 45.6 Å². The maximum Gasteiger partial charge on any atom is 0.337 e. The molecule has 0 bridgehead atoms. The maximum atomic E-state index is 12.7. The molecule has 1 aliphatic carbocycles. The van der Waals surface area contributed by atoms with E-state index in [9.17, 15) is 14.7 Å². The molecule has 136 valence electrons. The number of carbonyl (C=O) groups is 2. The van der Waals surface area contributed by atoms with Crippen LogP contribution in [0.25, 0.3) is 6.08 Å². The van der Waals surface area contributed by atoms with Crippen LogP contribution in [0.1, 0.15) is 64.3 Å². The largest absolute Gasteiger partial charge is 0.478 e. The van der Waals surface area contributed by atoms with E-state index in [2.05, 4.69) is 4.98 Å². The molecule has 26 heavy (non-hydrogen) atoms. The molecule has 2 aromatic heterocycles. The summed E-state index contributed by atoms with van der Waals surface area (Å²) in [6, 6.07) is 7.00. The lowest BCUT2D eigenvalue weighted by Gasteiger charge is -2.23. The van der Waals surface area contributed by atoms with E-state index in [1.54, 1.807) is 19.2 Å². The number of rotatable bonds is 6. The van der Waals surface area contributed by atoms with Gasteiger partial charge in [0.15, 0.2) is 0 Å². The number of ketones is 1. The topological polar surface area (TPSA) is 72.2 Å². The van der Waals surface area contributed by atoms with Crippen molar-refractivity contribution < 1.29 is 14.7 Å². The maximum absolute atomic E-state index is 12.7. The van der Waals surface area contributed by atoms with Crippen LogP contribution in [0.15, 0.2) is 36.5 Å². The van der Waals surface area contributed by atoms with Crippen molar-refractivity contribution in [2.75, 3.05) is 0 Å². The second-order valence-corrected chi connectivity index (χ2v) is 6.90. The summed E-state index contributed by atoms with van der Waals surface area (Å²) in [6.07, 6.45) is 10.8. The molecule has 1 saturated carbocycles. The molecule has 2 aromatic rings. The minimum absolute atomic E-state index is 0.193. The van der Waals surface area contributed by atoms with E-state index in [1.807, 2.05) is 22.8 Å². The van der Waals surface area contributed by atoms with Gasteiger partial charge in [-0.15, -0.1) is 0 Å². The van der Waals surface area contributed by atoms with Crippen LogP contribution < -0.4 is 0 Å². The summed E-state index contributed by atoms with van der Waals surface area (Å²) >= 11 is 0. The Morgan fingerprint density at radius 1 is 1.27 bits per heavy atom. The van der Waals surface area contributed by atoms with Crippen LogP contribution in [0.2, 0.25) is 0 Å². The zero-order chi connectivity index (χ0) is 18.5.